The molecule has 0 aliphatic heterocycles. The number of aliphatic hydroxyl groups is 1. The van der Waals surface area contributed by atoms with Crippen LogP contribution in [0.4, 0.5) is 18.9 Å². The van der Waals surface area contributed by atoms with Gasteiger partial charge in [-0.2, -0.15) is 13.2 Å². The first-order valence-corrected chi connectivity index (χ1v) is 7.18. The molecule has 2 N–H and O–H groups in total. The molecule has 8 heteroatoms. The molecule has 0 radical (unpaired) electrons. The Kier molecular flexibility index (Phi) is 5.19. The average Bonchev–Trinajstić information content (AvgIpc) is 2.27. The van der Waals surface area contributed by atoms with E-state index in [1.165, 1.54) is 6.07 Å². The minimum atomic E-state index is -4.52. The van der Waals surface area contributed by atoms with Crippen LogP contribution >= 0.6 is 0 Å². The largest absolute Gasteiger partial charge is 0.416 e. The van der Waals surface area contributed by atoms with E-state index >= 15 is 0 Å². The lowest BCUT2D eigenvalue weighted by Crippen LogP contribution is -2.17. The number of hydrogen-bond acceptors (Lipinski definition) is 3. The van der Waals surface area contributed by atoms with Gasteiger partial charge in [-0.05, 0) is 31.0 Å². The van der Waals surface area contributed by atoms with Crippen molar-refractivity contribution in [2.75, 3.05) is 17.1 Å². The van der Waals surface area contributed by atoms with Crippen molar-refractivity contribution >= 4 is 15.7 Å². The molecule has 0 heterocycles. The number of anilines is 1. The molecule has 0 bridgehead atoms. The third-order valence-electron chi connectivity index (χ3n) is 2.28. The van der Waals surface area contributed by atoms with Crippen LogP contribution in [0.1, 0.15) is 18.4 Å². The summed E-state index contributed by atoms with van der Waals surface area (Å²) in [6.07, 6.45) is -3.95. The van der Waals surface area contributed by atoms with E-state index in [2.05, 4.69) is 4.72 Å². The van der Waals surface area contributed by atoms with Crippen molar-refractivity contribution in [3.8, 4) is 0 Å². The first-order chi connectivity index (χ1) is 8.74. The van der Waals surface area contributed by atoms with E-state index in [1.807, 2.05) is 0 Å². The Bertz CT molecular complexity index is 514. The van der Waals surface area contributed by atoms with E-state index in [-0.39, 0.29) is 24.5 Å². The summed E-state index contributed by atoms with van der Waals surface area (Å²) in [4.78, 5) is 0. The van der Waals surface area contributed by atoms with Crippen LogP contribution in [0.25, 0.3) is 0 Å². The predicted molar refractivity (Wildman–Crippen MR) is 65.2 cm³/mol. The maximum atomic E-state index is 12.4. The third-order valence-corrected chi connectivity index (χ3v) is 3.66. The fraction of sp³-hybridized carbons (Fsp3) is 0.455. The zero-order chi connectivity index (χ0) is 14.5. The van der Waals surface area contributed by atoms with Crippen LogP contribution in [-0.4, -0.2) is 25.9 Å². The third kappa shape index (κ3) is 5.48. The minimum Gasteiger partial charge on any atom is -0.396 e. The molecule has 0 aliphatic rings. The number of rotatable bonds is 6. The van der Waals surface area contributed by atoms with Gasteiger partial charge < -0.3 is 5.11 Å². The summed E-state index contributed by atoms with van der Waals surface area (Å²) in [6, 6.07) is 3.99. The highest BCUT2D eigenvalue weighted by atomic mass is 32.2. The Morgan fingerprint density at radius 2 is 1.89 bits per heavy atom. The Balaban J connectivity index is 2.77. The molecular weight excluding hydrogens is 283 g/mol. The molecule has 0 spiro atoms. The zero-order valence-corrected chi connectivity index (χ0v) is 10.8. The number of nitrogens with one attached hydrogen (secondary N) is 1. The van der Waals surface area contributed by atoms with Gasteiger partial charge in [-0.1, -0.05) is 6.07 Å². The predicted octanol–water partition coefficient (Wildman–Crippen LogP) is 2.22. The lowest BCUT2D eigenvalue weighted by atomic mass is 10.2. The number of halogens is 3. The van der Waals surface area contributed by atoms with Gasteiger partial charge in [0.2, 0.25) is 10.0 Å². The van der Waals surface area contributed by atoms with Crippen molar-refractivity contribution in [3.63, 3.8) is 0 Å². The molecule has 19 heavy (non-hydrogen) atoms. The summed E-state index contributed by atoms with van der Waals surface area (Å²) in [6.45, 7) is -0.126. The van der Waals surface area contributed by atoms with Gasteiger partial charge in [0.05, 0.1) is 11.3 Å². The minimum absolute atomic E-state index is 0.126. The molecule has 0 amide bonds. The molecular formula is C11H14F3NO3S. The van der Waals surface area contributed by atoms with Gasteiger partial charge in [0, 0.05) is 12.3 Å². The van der Waals surface area contributed by atoms with Crippen molar-refractivity contribution in [2.45, 2.75) is 19.0 Å². The van der Waals surface area contributed by atoms with Gasteiger partial charge in [0.25, 0.3) is 0 Å². The van der Waals surface area contributed by atoms with E-state index in [4.69, 9.17) is 5.11 Å². The Labute approximate surface area is 109 Å². The van der Waals surface area contributed by atoms with E-state index in [0.29, 0.717) is 6.42 Å². The van der Waals surface area contributed by atoms with Crippen molar-refractivity contribution in [3.05, 3.63) is 29.8 Å². The second-order valence-electron chi connectivity index (χ2n) is 3.93. The molecule has 4 nitrogen and oxygen atoms in total. The van der Waals surface area contributed by atoms with Gasteiger partial charge in [-0.3, -0.25) is 4.72 Å². The molecule has 0 unspecified atom stereocenters. The van der Waals surface area contributed by atoms with E-state index in [0.717, 1.165) is 18.2 Å². The van der Waals surface area contributed by atoms with Crippen LogP contribution < -0.4 is 4.72 Å². The van der Waals surface area contributed by atoms with Crippen LogP contribution in [0.5, 0.6) is 0 Å². The lowest BCUT2D eigenvalue weighted by Gasteiger charge is -2.11. The summed E-state index contributed by atoms with van der Waals surface area (Å²) in [5.74, 6) is -0.246. The fourth-order valence-corrected chi connectivity index (χ4v) is 2.57. The molecule has 0 saturated heterocycles. The number of benzene rings is 1. The number of unbranched alkanes of at least 4 members (excludes halogenated alkanes) is 1. The van der Waals surface area contributed by atoms with E-state index < -0.39 is 21.8 Å². The average molecular weight is 297 g/mol. The van der Waals surface area contributed by atoms with Crippen molar-refractivity contribution < 1.29 is 26.7 Å². The van der Waals surface area contributed by atoms with Crippen molar-refractivity contribution in [1.82, 2.24) is 0 Å². The van der Waals surface area contributed by atoms with Gasteiger partial charge >= 0.3 is 6.18 Å². The summed E-state index contributed by atoms with van der Waals surface area (Å²) in [5.41, 5.74) is -1.04. The maximum Gasteiger partial charge on any atom is 0.416 e. The topological polar surface area (TPSA) is 66.4 Å². The standard InChI is InChI=1S/C11H14F3NO3S/c12-11(13,14)9-4-3-5-10(8-9)15-19(17,18)7-2-1-6-16/h3-5,8,15-16H,1-2,6-7H2. The van der Waals surface area contributed by atoms with Gasteiger partial charge in [0.1, 0.15) is 0 Å². The van der Waals surface area contributed by atoms with Gasteiger partial charge in [-0.25, -0.2) is 8.42 Å². The fourth-order valence-electron chi connectivity index (χ4n) is 1.39. The molecule has 0 saturated carbocycles. The Morgan fingerprint density at radius 1 is 1.21 bits per heavy atom. The molecule has 1 aromatic carbocycles. The normalized spacial score (nSPS) is 12.4. The van der Waals surface area contributed by atoms with Crippen LogP contribution in [0, 0.1) is 0 Å². The maximum absolute atomic E-state index is 12.4. The first kappa shape index (κ1) is 15.8. The second-order valence-corrected chi connectivity index (χ2v) is 5.77. The lowest BCUT2D eigenvalue weighted by molar-refractivity contribution is -0.137. The highest BCUT2D eigenvalue weighted by Crippen LogP contribution is 2.30. The highest BCUT2D eigenvalue weighted by Gasteiger charge is 2.30. The summed E-state index contributed by atoms with van der Waals surface area (Å²) in [5, 5.41) is 8.54. The monoisotopic (exact) mass is 297 g/mol. The van der Waals surface area contributed by atoms with Crippen LogP contribution in [0.2, 0.25) is 0 Å². The quantitative estimate of drug-likeness (QED) is 0.791. The smallest absolute Gasteiger partial charge is 0.396 e. The van der Waals surface area contributed by atoms with Gasteiger partial charge in [0.15, 0.2) is 0 Å². The molecule has 0 fully saturated rings. The molecule has 0 aliphatic carbocycles. The second kappa shape index (κ2) is 6.25. The SMILES string of the molecule is O=S(=O)(CCCCO)Nc1cccc(C(F)(F)F)c1. The van der Waals surface area contributed by atoms with E-state index in [1.54, 1.807) is 0 Å². The molecule has 0 aromatic heterocycles. The molecule has 1 aromatic rings. The number of hydrogen-bond donors (Lipinski definition) is 2. The molecule has 1 rings (SSSR count). The van der Waals surface area contributed by atoms with E-state index in [9.17, 15) is 21.6 Å². The zero-order valence-electron chi connectivity index (χ0n) is 9.94. The van der Waals surface area contributed by atoms with Crippen LogP contribution in [-0.2, 0) is 16.2 Å². The first-order valence-electron chi connectivity index (χ1n) is 5.53. The van der Waals surface area contributed by atoms with Crippen LogP contribution in [0.15, 0.2) is 24.3 Å². The summed E-state index contributed by atoms with van der Waals surface area (Å²) in [7, 11) is -3.70. The van der Waals surface area contributed by atoms with Crippen LogP contribution in [0.3, 0.4) is 0 Å². The summed E-state index contributed by atoms with van der Waals surface area (Å²) < 4.78 is 62.5. The number of aliphatic hydroxyl groups excluding tert-OH is 1. The molecule has 0 atom stereocenters. The Morgan fingerprint density at radius 3 is 2.47 bits per heavy atom. The summed E-state index contributed by atoms with van der Waals surface area (Å²) >= 11 is 0. The Hall–Kier alpha value is -1.28. The van der Waals surface area contributed by atoms with Crippen molar-refractivity contribution in [1.29, 1.82) is 0 Å². The van der Waals surface area contributed by atoms with Crippen molar-refractivity contribution in [2.24, 2.45) is 0 Å². The number of sulfonamides is 1. The highest BCUT2D eigenvalue weighted by molar-refractivity contribution is 7.92. The van der Waals surface area contributed by atoms with Gasteiger partial charge in [-0.15, -0.1) is 0 Å². The molecule has 108 valence electrons. The number of alkyl halides is 3.